The zero-order valence-corrected chi connectivity index (χ0v) is 7.25. The van der Waals surface area contributed by atoms with Gasteiger partial charge in [0, 0.05) is 25.4 Å². The number of rotatable bonds is 2. The van der Waals surface area contributed by atoms with Crippen LogP contribution in [0.4, 0.5) is 0 Å². The monoisotopic (exact) mass is 178 g/mol. The van der Waals surface area contributed by atoms with Crippen LogP contribution in [0.2, 0.25) is 0 Å². The molecule has 0 fully saturated rings. The second-order valence-corrected chi connectivity index (χ2v) is 2.74. The lowest BCUT2D eigenvalue weighted by Crippen LogP contribution is -2.03. The molecule has 0 unspecified atom stereocenters. The fraction of sp³-hybridized carbons (Fsp3) is 0.286. The summed E-state index contributed by atoms with van der Waals surface area (Å²) in [5.41, 5.74) is 6.43. The first-order valence-electron chi connectivity index (χ1n) is 3.89. The minimum atomic E-state index is 0.484. The van der Waals surface area contributed by atoms with Crippen molar-refractivity contribution in [3.63, 3.8) is 0 Å². The average molecular weight is 178 g/mol. The zero-order chi connectivity index (χ0) is 9.26. The molecule has 0 aliphatic rings. The van der Waals surface area contributed by atoms with Crippen LogP contribution in [-0.4, -0.2) is 24.5 Å². The first-order chi connectivity index (χ1) is 6.31. The lowest BCUT2D eigenvalue weighted by atomic mass is 10.4. The van der Waals surface area contributed by atoms with Crippen molar-refractivity contribution in [2.24, 2.45) is 12.8 Å². The highest BCUT2D eigenvalue weighted by Crippen LogP contribution is 2.02. The van der Waals surface area contributed by atoms with Crippen LogP contribution in [0.1, 0.15) is 5.56 Å². The summed E-state index contributed by atoms with van der Waals surface area (Å²) in [6, 6.07) is 0. The van der Waals surface area contributed by atoms with E-state index in [-0.39, 0.29) is 0 Å². The Bertz CT molecular complexity index is 401. The van der Waals surface area contributed by atoms with Gasteiger partial charge in [0.25, 0.3) is 5.95 Å². The Labute approximate surface area is 75.0 Å². The fourth-order valence-electron chi connectivity index (χ4n) is 1.06. The van der Waals surface area contributed by atoms with Crippen LogP contribution in [0.5, 0.6) is 0 Å². The summed E-state index contributed by atoms with van der Waals surface area (Å²) in [6.45, 7) is 0.484. The van der Waals surface area contributed by atoms with Crippen molar-refractivity contribution in [1.29, 1.82) is 0 Å². The van der Waals surface area contributed by atoms with Crippen molar-refractivity contribution in [3.8, 4) is 5.95 Å². The van der Waals surface area contributed by atoms with E-state index in [2.05, 4.69) is 15.3 Å². The van der Waals surface area contributed by atoms with Crippen LogP contribution in [0, 0.1) is 0 Å². The molecule has 0 atom stereocenters. The molecule has 2 N–H and O–H groups in total. The largest absolute Gasteiger partial charge is 0.326 e. The molecule has 68 valence electrons. The van der Waals surface area contributed by atoms with Gasteiger partial charge in [-0.15, -0.1) is 10.2 Å². The Kier molecular flexibility index (Phi) is 1.82. The highest BCUT2D eigenvalue weighted by molar-refractivity contribution is 5.13. The molecule has 6 nitrogen and oxygen atoms in total. The molecule has 2 heterocycles. The van der Waals surface area contributed by atoms with Gasteiger partial charge in [-0.2, -0.15) is 5.10 Å². The predicted octanol–water partition coefficient (Wildman–Crippen LogP) is -0.541. The van der Waals surface area contributed by atoms with E-state index < -0.39 is 0 Å². The molecular formula is C7H10N6. The zero-order valence-electron chi connectivity index (χ0n) is 7.25. The summed E-state index contributed by atoms with van der Waals surface area (Å²) in [7, 11) is 1.86. The summed E-state index contributed by atoms with van der Waals surface area (Å²) >= 11 is 0. The van der Waals surface area contributed by atoms with Crippen molar-refractivity contribution < 1.29 is 0 Å². The number of hydrogen-bond donors (Lipinski definition) is 1. The van der Waals surface area contributed by atoms with Crippen LogP contribution < -0.4 is 5.73 Å². The third kappa shape index (κ3) is 1.31. The van der Waals surface area contributed by atoms with Crippen LogP contribution in [0.25, 0.3) is 5.95 Å². The van der Waals surface area contributed by atoms with E-state index in [0.717, 1.165) is 5.56 Å². The first kappa shape index (κ1) is 7.93. The van der Waals surface area contributed by atoms with Crippen molar-refractivity contribution in [3.05, 3.63) is 24.3 Å². The van der Waals surface area contributed by atoms with Gasteiger partial charge in [-0.25, -0.2) is 4.68 Å². The molecular weight excluding hydrogens is 168 g/mol. The maximum Gasteiger partial charge on any atom is 0.251 e. The molecule has 0 aromatic carbocycles. The lowest BCUT2D eigenvalue weighted by Gasteiger charge is -1.97. The third-order valence-corrected chi connectivity index (χ3v) is 1.76. The van der Waals surface area contributed by atoms with Crippen LogP contribution in [0.15, 0.2) is 18.7 Å². The summed E-state index contributed by atoms with van der Waals surface area (Å²) in [6.07, 6.45) is 5.18. The van der Waals surface area contributed by atoms with Crippen LogP contribution in [-0.2, 0) is 13.6 Å². The summed E-state index contributed by atoms with van der Waals surface area (Å²) < 4.78 is 3.43. The van der Waals surface area contributed by atoms with Gasteiger partial charge in [0.15, 0.2) is 0 Å². The van der Waals surface area contributed by atoms with Crippen LogP contribution in [0.3, 0.4) is 0 Å². The predicted molar refractivity (Wildman–Crippen MR) is 46.0 cm³/mol. The highest BCUT2D eigenvalue weighted by Gasteiger charge is 2.04. The number of hydrogen-bond acceptors (Lipinski definition) is 4. The normalized spacial score (nSPS) is 10.6. The molecule has 6 heteroatoms. The Morgan fingerprint density at radius 1 is 1.54 bits per heavy atom. The molecule has 13 heavy (non-hydrogen) atoms. The second-order valence-electron chi connectivity index (χ2n) is 2.74. The van der Waals surface area contributed by atoms with E-state index in [1.54, 1.807) is 21.8 Å². The molecule has 0 saturated heterocycles. The van der Waals surface area contributed by atoms with Gasteiger partial charge in [0.1, 0.15) is 6.33 Å². The molecule has 2 aromatic rings. The molecule has 0 aliphatic heterocycles. The maximum absolute atomic E-state index is 5.46. The van der Waals surface area contributed by atoms with Gasteiger partial charge in [-0.3, -0.25) is 0 Å². The van der Waals surface area contributed by atoms with Gasteiger partial charge in [-0.05, 0) is 0 Å². The minimum Gasteiger partial charge on any atom is -0.326 e. The van der Waals surface area contributed by atoms with E-state index in [9.17, 15) is 0 Å². The number of aryl methyl sites for hydroxylation is 1. The summed E-state index contributed by atoms with van der Waals surface area (Å²) in [5.74, 6) is 0.680. The Balaban J connectivity index is 2.41. The van der Waals surface area contributed by atoms with E-state index in [4.69, 9.17) is 5.73 Å². The van der Waals surface area contributed by atoms with Crippen molar-refractivity contribution >= 4 is 0 Å². The number of nitrogens with zero attached hydrogens (tertiary/aromatic N) is 5. The Hall–Kier alpha value is -1.69. The average Bonchev–Trinajstić information content (AvgIpc) is 2.71. The highest BCUT2D eigenvalue weighted by atomic mass is 15.4. The number of aromatic nitrogens is 5. The van der Waals surface area contributed by atoms with Gasteiger partial charge >= 0.3 is 0 Å². The van der Waals surface area contributed by atoms with Crippen molar-refractivity contribution in [2.75, 3.05) is 0 Å². The molecule has 0 saturated carbocycles. The first-order valence-corrected chi connectivity index (χ1v) is 3.89. The lowest BCUT2D eigenvalue weighted by molar-refractivity contribution is 0.748. The SMILES string of the molecule is Cn1cnnc1-n1cc(CN)cn1. The molecule has 0 bridgehead atoms. The third-order valence-electron chi connectivity index (χ3n) is 1.76. The molecule has 2 aromatic heterocycles. The topological polar surface area (TPSA) is 74.5 Å². The quantitative estimate of drug-likeness (QED) is 0.670. The number of nitrogens with two attached hydrogens (primary N) is 1. The van der Waals surface area contributed by atoms with E-state index in [1.807, 2.05) is 13.2 Å². The van der Waals surface area contributed by atoms with Crippen LogP contribution >= 0.6 is 0 Å². The van der Waals surface area contributed by atoms with E-state index in [0.29, 0.717) is 12.5 Å². The molecule has 0 amide bonds. The second kappa shape index (κ2) is 2.98. The minimum absolute atomic E-state index is 0.484. The van der Waals surface area contributed by atoms with Crippen molar-refractivity contribution in [2.45, 2.75) is 6.54 Å². The Morgan fingerprint density at radius 3 is 2.92 bits per heavy atom. The molecule has 0 radical (unpaired) electrons. The van der Waals surface area contributed by atoms with Gasteiger partial charge in [0.05, 0.1) is 6.20 Å². The van der Waals surface area contributed by atoms with E-state index in [1.165, 1.54) is 0 Å². The summed E-state index contributed by atoms with van der Waals surface area (Å²) in [5, 5.41) is 11.8. The smallest absolute Gasteiger partial charge is 0.251 e. The molecule has 0 spiro atoms. The van der Waals surface area contributed by atoms with Gasteiger partial charge in [0.2, 0.25) is 0 Å². The summed E-state index contributed by atoms with van der Waals surface area (Å²) in [4.78, 5) is 0. The molecule has 0 aliphatic carbocycles. The Morgan fingerprint density at radius 2 is 2.38 bits per heavy atom. The maximum atomic E-state index is 5.46. The van der Waals surface area contributed by atoms with Crippen molar-refractivity contribution in [1.82, 2.24) is 24.5 Å². The molecule has 2 rings (SSSR count). The fourth-order valence-corrected chi connectivity index (χ4v) is 1.06. The van der Waals surface area contributed by atoms with Gasteiger partial charge < -0.3 is 10.3 Å². The van der Waals surface area contributed by atoms with Gasteiger partial charge in [-0.1, -0.05) is 0 Å². The standard InChI is InChI=1S/C7H10N6/c1-12-5-9-11-7(12)13-4-6(2-8)3-10-13/h3-5H,2,8H2,1H3. The van der Waals surface area contributed by atoms with E-state index >= 15 is 0 Å².